The Kier molecular flexibility index (Phi) is 22.3. The van der Waals surface area contributed by atoms with Gasteiger partial charge in [0.1, 0.15) is 0 Å². The fraction of sp³-hybridized carbons (Fsp3) is 0.586. The predicted octanol–water partition coefficient (Wildman–Crippen LogP) is 8.48. The summed E-state index contributed by atoms with van der Waals surface area (Å²) in [6.07, 6.45) is 1.24. The highest BCUT2D eigenvalue weighted by Crippen LogP contribution is 2.28. The fourth-order valence-corrected chi connectivity index (χ4v) is 10.3. The highest BCUT2D eigenvalue weighted by atomic mass is 15.2. The molecule has 12 heteroatoms. The smallest absolute Gasteiger partial charge is 0.0317 e. The van der Waals surface area contributed by atoms with Crippen molar-refractivity contribution in [3.8, 4) is 0 Å². The van der Waals surface area contributed by atoms with Crippen LogP contribution in [0.3, 0.4) is 0 Å². The summed E-state index contributed by atoms with van der Waals surface area (Å²) in [6.45, 7) is 39.2. The van der Waals surface area contributed by atoms with Gasteiger partial charge in [0, 0.05) is 145 Å². The van der Waals surface area contributed by atoms with Crippen LogP contribution in [0.15, 0.2) is 72.8 Å². The number of fused-ring (bicyclic) bond motifs is 4. The molecule has 0 radical (unpaired) electrons. The minimum Gasteiger partial charge on any atom is -0.399 e. The first-order valence-corrected chi connectivity index (χ1v) is 26.5. The van der Waals surface area contributed by atoms with E-state index in [2.05, 4.69) is 171 Å². The standard InChI is InChI=1S/C16H27N3.C15H25N3.C14H23N3.C13H21N3/c1-12(2)19(13(3)4)8-7-18-10-14-5-6-16(17)9-15(14)11-18;1-3-7-17(4-2)8-9-18-11-13-5-6-15(16)10-14(13)12-18;1-11(2)16(3)6-7-17-9-12-4-5-14(15)8-13(12)10-17;1-10(7-15(2)3)16-8-11-4-5-13(14)6-12(11)9-16/h5-6,9,12-13H,7-8,10-11,17H2,1-4H3;5-6,10H,3-4,7-9,11-12,16H2,1-2H3;4-5,8,11H,6-7,9-10,15H2,1-3H3;4-6,10H,7-9,14H2,1-3H3. The van der Waals surface area contributed by atoms with E-state index in [4.69, 9.17) is 22.9 Å². The van der Waals surface area contributed by atoms with Crippen molar-refractivity contribution in [2.24, 2.45) is 0 Å². The molecule has 12 nitrogen and oxygen atoms in total. The number of hydrogen-bond donors (Lipinski definition) is 4. The lowest BCUT2D eigenvalue weighted by atomic mass is 10.1. The maximum atomic E-state index is 5.85. The third kappa shape index (κ3) is 17.5. The number of likely N-dealkylation sites (N-methyl/N-ethyl adjacent to an activating group) is 3. The van der Waals surface area contributed by atoms with Gasteiger partial charge in [0.05, 0.1) is 0 Å². The van der Waals surface area contributed by atoms with E-state index in [1.807, 2.05) is 24.3 Å². The molecule has 8 N–H and O–H groups in total. The molecule has 4 aromatic carbocycles. The summed E-state index contributed by atoms with van der Waals surface area (Å²) >= 11 is 0. The monoisotopic (exact) mass is 961 g/mol. The van der Waals surface area contributed by atoms with Gasteiger partial charge in [0.25, 0.3) is 0 Å². The topological polar surface area (TPSA) is 130 Å². The van der Waals surface area contributed by atoms with Gasteiger partial charge in [0.2, 0.25) is 0 Å². The lowest BCUT2D eigenvalue weighted by Crippen LogP contribution is -2.41. The number of nitrogens with two attached hydrogens (primary N) is 4. The maximum absolute atomic E-state index is 5.85. The van der Waals surface area contributed by atoms with Gasteiger partial charge < -0.3 is 37.6 Å². The first kappa shape index (κ1) is 56.7. The van der Waals surface area contributed by atoms with Crippen LogP contribution in [0.25, 0.3) is 0 Å². The number of benzene rings is 4. The van der Waals surface area contributed by atoms with Crippen molar-refractivity contribution in [1.82, 2.24) is 39.2 Å². The van der Waals surface area contributed by atoms with Gasteiger partial charge >= 0.3 is 0 Å². The molecule has 70 heavy (non-hydrogen) atoms. The molecular formula is C58H96N12. The van der Waals surface area contributed by atoms with E-state index >= 15 is 0 Å². The highest BCUT2D eigenvalue weighted by Gasteiger charge is 2.25. The van der Waals surface area contributed by atoms with E-state index in [1.165, 1.54) is 64.0 Å². The SMILES string of the molecule is CC(C)N(C)CCN1Cc2ccc(N)cc2C1.CC(C)N(CCN1Cc2ccc(N)cc2C1)C(C)C.CC(CN(C)C)N1Cc2ccc(N)cc2C1.CCCN(CC)CCN1Cc2ccc(N)cc2C1. The molecule has 0 fully saturated rings. The summed E-state index contributed by atoms with van der Waals surface area (Å²) in [4.78, 5) is 19.7. The summed E-state index contributed by atoms with van der Waals surface area (Å²) in [5, 5.41) is 0. The zero-order chi connectivity index (χ0) is 51.1. The molecular weight excluding hydrogens is 865 g/mol. The molecule has 4 aliphatic rings. The molecule has 0 spiro atoms. The van der Waals surface area contributed by atoms with Crippen molar-refractivity contribution in [3.05, 3.63) is 117 Å². The fourth-order valence-electron chi connectivity index (χ4n) is 10.3. The molecule has 4 aliphatic heterocycles. The van der Waals surface area contributed by atoms with E-state index < -0.39 is 0 Å². The first-order valence-electron chi connectivity index (χ1n) is 26.5. The Morgan fingerprint density at radius 3 is 1.17 bits per heavy atom. The Balaban J connectivity index is 0.000000174. The Morgan fingerprint density at radius 1 is 0.443 bits per heavy atom. The molecule has 388 valence electrons. The highest BCUT2D eigenvalue weighted by molar-refractivity contribution is 5.48. The number of nitrogen functional groups attached to an aromatic ring is 4. The molecule has 0 amide bonds. The Bertz CT molecular complexity index is 2180. The molecule has 8 rings (SSSR count). The van der Waals surface area contributed by atoms with Gasteiger partial charge in [0.15, 0.2) is 0 Å². The van der Waals surface area contributed by atoms with Gasteiger partial charge in [-0.2, -0.15) is 0 Å². The average Bonchev–Trinajstić information content (AvgIpc) is 4.11. The summed E-state index contributed by atoms with van der Waals surface area (Å²) < 4.78 is 0. The number of hydrogen-bond acceptors (Lipinski definition) is 12. The van der Waals surface area contributed by atoms with Crippen molar-refractivity contribution >= 4 is 22.7 Å². The first-order chi connectivity index (χ1) is 33.3. The molecule has 0 saturated heterocycles. The zero-order valence-corrected chi connectivity index (χ0v) is 45.9. The summed E-state index contributed by atoms with van der Waals surface area (Å²) in [6, 6.07) is 27.6. The molecule has 4 heterocycles. The molecule has 0 bridgehead atoms. The number of nitrogens with zero attached hydrogens (tertiary/aromatic N) is 8. The molecule has 0 saturated carbocycles. The molecule has 0 aromatic heterocycles. The van der Waals surface area contributed by atoms with Crippen LogP contribution in [0.2, 0.25) is 0 Å². The number of rotatable bonds is 18. The van der Waals surface area contributed by atoms with Crippen LogP contribution < -0.4 is 22.9 Å². The van der Waals surface area contributed by atoms with Crippen molar-refractivity contribution in [3.63, 3.8) is 0 Å². The predicted molar refractivity (Wildman–Crippen MR) is 300 cm³/mol. The average molecular weight is 961 g/mol. The Morgan fingerprint density at radius 2 is 0.800 bits per heavy atom. The lowest BCUT2D eigenvalue weighted by molar-refractivity contribution is 0.143. The van der Waals surface area contributed by atoms with Crippen LogP contribution in [0.1, 0.15) is 113 Å². The Hall–Kier alpha value is -4.24. The molecule has 0 aliphatic carbocycles. The van der Waals surface area contributed by atoms with E-state index in [-0.39, 0.29) is 0 Å². The lowest BCUT2D eigenvalue weighted by Gasteiger charge is -2.32. The third-order valence-corrected chi connectivity index (χ3v) is 14.7. The second-order valence-electron chi connectivity index (χ2n) is 21.7. The van der Waals surface area contributed by atoms with Gasteiger partial charge in [-0.15, -0.1) is 0 Å². The molecule has 1 atom stereocenters. The van der Waals surface area contributed by atoms with Crippen LogP contribution in [0.5, 0.6) is 0 Å². The van der Waals surface area contributed by atoms with E-state index in [9.17, 15) is 0 Å². The van der Waals surface area contributed by atoms with Gasteiger partial charge in [-0.3, -0.25) is 24.5 Å². The van der Waals surface area contributed by atoms with Crippen LogP contribution in [-0.4, -0.2) is 143 Å². The van der Waals surface area contributed by atoms with Crippen LogP contribution >= 0.6 is 0 Å². The van der Waals surface area contributed by atoms with Crippen molar-refractivity contribution in [2.75, 3.05) is 103 Å². The van der Waals surface area contributed by atoms with Crippen molar-refractivity contribution in [1.29, 1.82) is 0 Å². The largest absolute Gasteiger partial charge is 0.399 e. The van der Waals surface area contributed by atoms with Gasteiger partial charge in [-0.05, 0) is 182 Å². The number of anilines is 4. The van der Waals surface area contributed by atoms with Gasteiger partial charge in [-0.1, -0.05) is 38.1 Å². The third-order valence-electron chi connectivity index (χ3n) is 14.7. The second kappa shape index (κ2) is 27.5. The summed E-state index contributed by atoms with van der Waals surface area (Å²) in [5.74, 6) is 0. The minimum atomic E-state index is 0.587. The minimum absolute atomic E-state index is 0.587. The molecule has 4 aromatic rings. The Labute approximate surface area is 425 Å². The van der Waals surface area contributed by atoms with Crippen LogP contribution in [-0.2, 0) is 52.4 Å². The zero-order valence-electron chi connectivity index (χ0n) is 45.9. The van der Waals surface area contributed by atoms with Crippen molar-refractivity contribution < 1.29 is 0 Å². The maximum Gasteiger partial charge on any atom is 0.0317 e. The quantitative estimate of drug-likeness (QED) is 0.0715. The summed E-state index contributed by atoms with van der Waals surface area (Å²) in [5.41, 5.74) is 38.2. The normalized spacial score (nSPS) is 16.1. The van der Waals surface area contributed by atoms with Gasteiger partial charge in [-0.25, -0.2) is 0 Å². The van der Waals surface area contributed by atoms with Crippen molar-refractivity contribution in [2.45, 2.75) is 145 Å². The van der Waals surface area contributed by atoms with Crippen LogP contribution in [0, 0.1) is 0 Å². The van der Waals surface area contributed by atoms with E-state index in [1.54, 1.807) is 0 Å². The molecule has 1 unspecified atom stereocenters. The summed E-state index contributed by atoms with van der Waals surface area (Å²) in [7, 11) is 6.43. The van der Waals surface area contributed by atoms with E-state index in [0.29, 0.717) is 24.2 Å². The van der Waals surface area contributed by atoms with Crippen LogP contribution in [0.4, 0.5) is 22.7 Å². The van der Waals surface area contributed by atoms with E-state index in [0.717, 1.165) is 121 Å². The second-order valence-corrected chi connectivity index (χ2v) is 21.7.